The van der Waals surface area contributed by atoms with E-state index in [0.717, 1.165) is 35.7 Å². The van der Waals surface area contributed by atoms with Gasteiger partial charge in [0.25, 0.3) is 11.8 Å². The van der Waals surface area contributed by atoms with E-state index in [0.29, 0.717) is 128 Å². The molecule has 9 rings (SSSR count). The second kappa shape index (κ2) is 28.7. The van der Waals surface area contributed by atoms with E-state index in [1.165, 1.54) is 22.2 Å². The number of benzene rings is 3. The van der Waals surface area contributed by atoms with E-state index >= 15 is 0 Å². The van der Waals surface area contributed by atoms with E-state index in [-0.39, 0.29) is 79.1 Å². The number of fused-ring (bicyclic) bond motifs is 1. The Morgan fingerprint density at radius 1 is 0.417 bits per heavy atom. The summed E-state index contributed by atoms with van der Waals surface area (Å²) < 4.78 is 44.7. The summed E-state index contributed by atoms with van der Waals surface area (Å²) in [5, 5.41) is 2.63. The van der Waals surface area contributed by atoms with Crippen LogP contribution in [0.4, 0.5) is 11.4 Å². The number of para-hydroxylation sites is 2. The van der Waals surface area contributed by atoms with Crippen LogP contribution >= 0.6 is 23.5 Å². The number of anilines is 2. The lowest BCUT2D eigenvalue weighted by molar-refractivity contribution is -0.161. The fourth-order valence-electron chi connectivity index (χ4n) is 11.2. The van der Waals surface area contributed by atoms with Gasteiger partial charge in [0, 0.05) is 12.2 Å². The zero-order valence-electron chi connectivity index (χ0n) is 46.3. The average molecular weight is 1190 g/mol. The first kappa shape index (κ1) is 60.9. The molecule has 0 bridgehead atoms. The van der Waals surface area contributed by atoms with Crippen molar-refractivity contribution in [3.05, 3.63) is 108 Å². The van der Waals surface area contributed by atoms with Crippen molar-refractivity contribution in [2.45, 2.75) is 125 Å². The Labute approximate surface area is 494 Å². The molecule has 444 valence electrons. The molecule has 6 aliphatic rings. The summed E-state index contributed by atoms with van der Waals surface area (Å²) in [5.41, 5.74) is 0.780. The minimum absolute atomic E-state index is 0.0719. The first-order valence-corrected chi connectivity index (χ1v) is 30.1. The third kappa shape index (κ3) is 15.0. The van der Waals surface area contributed by atoms with Gasteiger partial charge < -0.3 is 37.9 Å². The van der Waals surface area contributed by atoms with Crippen molar-refractivity contribution < 1.29 is 85.8 Å². The largest absolute Gasteiger partial charge is 0.462 e. The lowest BCUT2D eigenvalue weighted by Gasteiger charge is -2.30. The van der Waals surface area contributed by atoms with E-state index in [1.54, 1.807) is 60.7 Å². The number of hydrogen-bond donors (Lipinski definition) is 0. The standard InChI is InChI=1S/C62H66N2O18S2/c1-3-49(65)75-33-35-77-56(69)37-15-19-39(20-16-37)58(71)79-45-27-23-41(24-28-45)60(73)81-47-31-32-48(53-52(47)83-62(84-53)51-54(67)63(43-11-7-5-8-12-43)64(55(51)68)44-13-9-6-10-14-44)82-61(74)42-25-29-46(30-26-42)80-59(72)40-21-17-38(18-22-40)57(70)78-36-34-76-50(66)4-2/h3-14,31-32,37-42,45-46H,1-2,15-30,33-36H2. The van der Waals surface area contributed by atoms with Crippen molar-refractivity contribution >= 4 is 94.5 Å². The van der Waals surface area contributed by atoms with Gasteiger partial charge in [0.15, 0.2) is 0 Å². The van der Waals surface area contributed by atoms with Crippen molar-refractivity contribution in [1.82, 2.24) is 0 Å². The van der Waals surface area contributed by atoms with Gasteiger partial charge in [-0.1, -0.05) is 73.1 Å². The summed E-state index contributed by atoms with van der Waals surface area (Å²) in [4.78, 5) is 132. The number of ether oxygens (including phenoxy) is 8. The minimum Gasteiger partial charge on any atom is -0.462 e. The molecule has 0 N–H and O–H groups in total. The third-order valence-electron chi connectivity index (χ3n) is 15.9. The molecule has 2 aliphatic heterocycles. The molecule has 5 fully saturated rings. The zero-order valence-corrected chi connectivity index (χ0v) is 48.0. The molecule has 0 unspecified atom stereocenters. The average Bonchev–Trinajstić information content (AvgIpc) is 2.76. The molecule has 0 aromatic heterocycles. The minimum atomic E-state index is -0.608. The quantitative estimate of drug-likeness (QED) is 0.0255. The molecule has 0 atom stereocenters. The Morgan fingerprint density at radius 2 is 0.726 bits per heavy atom. The van der Waals surface area contributed by atoms with Crippen molar-refractivity contribution in [3.8, 4) is 11.5 Å². The molecule has 1 saturated heterocycles. The van der Waals surface area contributed by atoms with Gasteiger partial charge in [-0.05, 0) is 139 Å². The fraction of sp³-hybridized carbons (Fsp3) is 0.452. The number of carbonyl (C=O) groups excluding carboxylic acids is 10. The van der Waals surface area contributed by atoms with Gasteiger partial charge in [-0.15, -0.1) is 0 Å². The fourth-order valence-corrected chi connectivity index (χ4v) is 13.9. The van der Waals surface area contributed by atoms with Gasteiger partial charge in [-0.25, -0.2) is 19.6 Å². The Kier molecular flexibility index (Phi) is 20.8. The molecule has 22 heteroatoms. The number of carbonyl (C=O) groups is 10. The van der Waals surface area contributed by atoms with E-state index in [4.69, 9.17) is 37.9 Å². The first-order chi connectivity index (χ1) is 40.7. The second-order valence-electron chi connectivity index (χ2n) is 21.3. The number of hydrogen-bond acceptors (Lipinski definition) is 20. The molecule has 0 radical (unpaired) electrons. The van der Waals surface area contributed by atoms with Crippen LogP contribution in [0.2, 0.25) is 0 Å². The van der Waals surface area contributed by atoms with Gasteiger partial charge in [-0.2, -0.15) is 0 Å². The van der Waals surface area contributed by atoms with Crippen molar-refractivity contribution in [3.63, 3.8) is 0 Å². The molecule has 2 heterocycles. The van der Waals surface area contributed by atoms with Gasteiger partial charge >= 0.3 is 47.8 Å². The predicted molar refractivity (Wildman–Crippen MR) is 303 cm³/mol. The van der Waals surface area contributed by atoms with Gasteiger partial charge in [-0.3, -0.25) is 38.4 Å². The van der Waals surface area contributed by atoms with Crippen LogP contribution in [0.15, 0.2) is 118 Å². The Bertz CT molecular complexity index is 2830. The maximum atomic E-state index is 14.6. The van der Waals surface area contributed by atoms with Crippen molar-refractivity contribution in [1.29, 1.82) is 0 Å². The number of hydrazine groups is 1. The smallest absolute Gasteiger partial charge is 0.330 e. The van der Waals surface area contributed by atoms with Crippen molar-refractivity contribution in [2.24, 2.45) is 35.5 Å². The van der Waals surface area contributed by atoms with Crippen molar-refractivity contribution in [2.75, 3.05) is 36.4 Å². The number of esters is 8. The number of amides is 2. The SMILES string of the molecule is C=CC(=O)OCCOC(=O)C1CCC(C(=O)OC2CCC(C(=O)Oc3ccc(OC(=O)C4CCC(OC(=O)C5CCC(C(=O)OCCOC(=O)C=C)CC5)CC4)c4c3SC(=C3C(=O)N(c5ccccc5)N(c5ccccc5)C3=O)S4)CC2)CC1. The topological polar surface area (TPSA) is 251 Å². The lowest BCUT2D eigenvalue weighted by atomic mass is 9.82. The van der Waals surface area contributed by atoms with Gasteiger partial charge in [0.2, 0.25) is 0 Å². The van der Waals surface area contributed by atoms with Crippen LogP contribution in [0.5, 0.6) is 11.5 Å². The second-order valence-corrected chi connectivity index (χ2v) is 23.6. The molecule has 84 heavy (non-hydrogen) atoms. The summed E-state index contributed by atoms with van der Waals surface area (Å²) >= 11 is 2.14. The molecule has 0 spiro atoms. The van der Waals surface area contributed by atoms with Crippen LogP contribution in [-0.4, -0.2) is 98.2 Å². The predicted octanol–water partition coefficient (Wildman–Crippen LogP) is 9.26. The Balaban J connectivity index is 0.822. The van der Waals surface area contributed by atoms with E-state index in [9.17, 15) is 47.9 Å². The Morgan fingerprint density at radius 3 is 1.07 bits per heavy atom. The van der Waals surface area contributed by atoms with E-state index in [2.05, 4.69) is 13.2 Å². The first-order valence-electron chi connectivity index (χ1n) is 28.5. The molecular weight excluding hydrogens is 1120 g/mol. The molecule has 4 saturated carbocycles. The number of thioether (sulfide) groups is 2. The summed E-state index contributed by atoms with van der Waals surface area (Å²) in [7, 11) is 0. The normalized spacial score (nSPS) is 24.0. The molecular formula is C62H66N2O18S2. The molecule has 3 aromatic rings. The highest BCUT2D eigenvalue weighted by Crippen LogP contribution is 2.60. The summed E-state index contributed by atoms with van der Waals surface area (Å²) in [6.07, 6.45) is 8.04. The highest BCUT2D eigenvalue weighted by Gasteiger charge is 2.47. The molecule has 2 amide bonds. The number of nitrogens with zero attached hydrogens (tertiary/aromatic N) is 2. The zero-order chi connectivity index (χ0) is 59.3. The van der Waals surface area contributed by atoms with Crippen LogP contribution in [0.1, 0.15) is 103 Å². The summed E-state index contributed by atoms with van der Waals surface area (Å²) in [6, 6.07) is 20.6. The highest BCUT2D eigenvalue weighted by atomic mass is 32.2. The van der Waals surface area contributed by atoms with E-state index < -0.39 is 71.7 Å². The van der Waals surface area contributed by atoms with E-state index in [1.807, 2.05) is 0 Å². The maximum absolute atomic E-state index is 14.6. The maximum Gasteiger partial charge on any atom is 0.330 e. The summed E-state index contributed by atoms with van der Waals surface area (Å²) in [5.74, 6) is -7.23. The monoisotopic (exact) mass is 1190 g/mol. The van der Waals surface area contributed by atoms with Crippen LogP contribution < -0.4 is 19.5 Å². The van der Waals surface area contributed by atoms with Crippen LogP contribution in [0.25, 0.3) is 0 Å². The molecule has 3 aromatic carbocycles. The van der Waals surface area contributed by atoms with Gasteiger partial charge in [0.1, 0.15) is 55.7 Å². The Hall–Kier alpha value is -7.72. The third-order valence-corrected chi connectivity index (χ3v) is 18.5. The van der Waals surface area contributed by atoms with Gasteiger partial charge in [0.05, 0.1) is 60.9 Å². The molecule has 20 nitrogen and oxygen atoms in total. The lowest BCUT2D eigenvalue weighted by Crippen LogP contribution is -2.41. The number of rotatable bonds is 20. The highest BCUT2D eigenvalue weighted by molar-refractivity contribution is 8.25. The van der Waals surface area contributed by atoms with Crippen LogP contribution in [0, 0.1) is 35.5 Å². The van der Waals surface area contributed by atoms with Crippen LogP contribution in [-0.2, 0) is 76.4 Å². The van der Waals surface area contributed by atoms with Crippen LogP contribution in [0.3, 0.4) is 0 Å². The summed E-state index contributed by atoms with van der Waals surface area (Å²) in [6.45, 7) is 6.35. The molecule has 4 aliphatic carbocycles.